The average molecular weight is 379 g/mol. The molecule has 27 heavy (non-hydrogen) atoms. The highest BCUT2D eigenvalue weighted by Crippen LogP contribution is 2.16. The minimum atomic E-state index is -0.492. The highest BCUT2D eigenvalue weighted by Gasteiger charge is 2.08. The van der Waals surface area contributed by atoms with Crippen molar-refractivity contribution in [2.75, 3.05) is 0 Å². The number of esters is 1. The lowest BCUT2D eigenvalue weighted by molar-refractivity contribution is 0.0734. The highest BCUT2D eigenvalue weighted by molar-refractivity contribution is 6.30. The van der Waals surface area contributed by atoms with Crippen molar-refractivity contribution in [3.05, 3.63) is 101 Å². The Balaban J connectivity index is 1.57. The zero-order valence-corrected chi connectivity index (χ0v) is 14.9. The van der Waals surface area contributed by atoms with Crippen molar-refractivity contribution in [2.45, 2.75) is 0 Å². The predicted octanol–water partition coefficient (Wildman–Crippen LogP) is 4.32. The summed E-state index contributed by atoms with van der Waals surface area (Å²) in [5.74, 6) is -0.390. The van der Waals surface area contributed by atoms with Crippen LogP contribution in [0.2, 0.25) is 5.02 Å². The number of amides is 1. The predicted molar refractivity (Wildman–Crippen MR) is 104 cm³/mol. The Labute approximate surface area is 161 Å². The number of nitrogens with zero attached hydrogens (tertiary/aromatic N) is 1. The second-order valence-electron chi connectivity index (χ2n) is 5.53. The van der Waals surface area contributed by atoms with E-state index in [-0.39, 0.29) is 5.91 Å². The molecule has 0 saturated heterocycles. The molecule has 0 radical (unpaired) electrons. The Morgan fingerprint density at radius 2 is 1.59 bits per heavy atom. The fraction of sp³-hybridized carbons (Fsp3) is 0. The van der Waals surface area contributed by atoms with Gasteiger partial charge in [-0.2, -0.15) is 5.10 Å². The Kier molecular flexibility index (Phi) is 5.97. The van der Waals surface area contributed by atoms with E-state index in [1.54, 1.807) is 72.8 Å². The third kappa shape index (κ3) is 5.26. The molecule has 0 aliphatic heterocycles. The first-order valence-electron chi connectivity index (χ1n) is 8.08. The summed E-state index contributed by atoms with van der Waals surface area (Å²) in [4.78, 5) is 24.0. The van der Waals surface area contributed by atoms with E-state index in [2.05, 4.69) is 10.5 Å². The molecule has 3 aromatic carbocycles. The van der Waals surface area contributed by atoms with E-state index >= 15 is 0 Å². The van der Waals surface area contributed by atoms with Crippen molar-refractivity contribution in [3.63, 3.8) is 0 Å². The summed E-state index contributed by atoms with van der Waals surface area (Å²) >= 11 is 5.87. The molecule has 0 bridgehead atoms. The van der Waals surface area contributed by atoms with Crippen LogP contribution in [0.4, 0.5) is 0 Å². The lowest BCUT2D eigenvalue weighted by Gasteiger charge is -2.05. The number of rotatable bonds is 5. The third-order valence-corrected chi connectivity index (χ3v) is 3.80. The number of benzene rings is 3. The van der Waals surface area contributed by atoms with Gasteiger partial charge in [-0.1, -0.05) is 35.9 Å². The van der Waals surface area contributed by atoms with Crippen LogP contribution in [0.5, 0.6) is 5.75 Å². The summed E-state index contributed by atoms with van der Waals surface area (Å²) in [6.45, 7) is 0. The molecule has 0 saturated carbocycles. The number of nitrogens with one attached hydrogen (secondary N) is 1. The molecular formula is C21H15ClN2O3. The lowest BCUT2D eigenvalue weighted by Crippen LogP contribution is -2.17. The number of carbonyl (C=O) groups excluding carboxylic acids is 2. The van der Waals surface area contributed by atoms with Gasteiger partial charge in [0.1, 0.15) is 5.75 Å². The van der Waals surface area contributed by atoms with Gasteiger partial charge in [0.25, 0.3) is 5.91 Å². The van der Waals surface area contributed by atoms with E-state index in [1.165, 1.54) is 6.21 Å². The first-order chi connectivity index (χ1) is 13.1. The lowest BCUT2D eigenvalue weighted by atomic mass is 10.2. The van der Waals surface area contributed by atoms with Crippen LogP contribution < -0.4 is 10.2 Å². The highest BCUT2D eigenvalue weighted by atomic mass is 35.5. The maximum atomic E-state index is 12.1. The van der Waals surface area contributed by atoms with Gasteiger partial charge in [-0.25, -0.2) is 10.2 Å². The summed E-state index contributed by atoms with van der Waals surface area (Å²) < 4.78 is 5.30. The topological polar surface area (TPSA) is 67.8 Å². The first kappa shape index (κ1) is 18.4. The number of halogens is 1. The molecule has 1 N–H and O–H groups in total. The number of ether oxygens (including phenoxy) is 1. The van der Waals surface area contributed by atoms with Gasteiger partial charge in [-0.3, -0.25) is 4.79 Å². The first-order valence-corrected chi connectivity index (χ1v) is 8.46. The third-order valence-electron chi connectivity index (χ3n) is 3.57. The van der Waals surface area contributed by atoms with Gasteiger partial charge in [-0.05, 0) is 60.2 Å². The minimum absolute atomic E-state index is 0.293. The van der Waals surface area contributed by atoms with Crippen LogP contribution >= 0.6 is 11.6 Å². The minimum Gasteiger partial charge on any atom is -0.423 e. The van der Waals surface area contributed by atoms with Crippen LogP contribution in [-0.2, 0) is 0 Å². The van der Waals surface area contributed by atoms with Gasteiger partial charge >= 0.3 is 5.97 Å². The monoisotopic (exact) mass is 378 g/mol. The van der Waals surface area contributed by atoms with Gasteiger partial charge in [0.05, 0.1) is 11.8 Å². The fourth-order valence-corrected chi connectivity index (χ4v) is 2.41. The molecule has 0 unspecified atom stereocenters. The Morgan fingerprint density at radius 3 is 2.30 bits per heavy atom. The Bertz CT molecular complexity index is 970. The largest absolute Gasteiger partial charge is 0.423 e. The zero-order chi connectivity index (χ0) is 19.1. The molecular weight excluding hydrogens is 364 g/mol. The normalized spacial score (nSPS) is 10.6. The van der Waals surface area contributed by atoms with Gasteiger partial charge in [0.2, 0.25) is 0 Å². The van der Waals surface area contributed by atoms with Crippen LogP contribution in [-0.4, -0.2) is 18.1 Å². The van der Waals surface area contributed by atoms with Crippen LogP contribution in [0.3, 0.4) is 0 Å². The molecule has 0 aliphatic rings. The average Bonchev–Trinajstić information content (AvgIpc) is 2.70. The number of carbonyl (C=O) groups is 2. The van der Waals surface area contributed by atoms with Crippen LogP contribution in [0.25, 0.3) is 0 Å². The van der Waals surface area contributed by atoms with E-state index in [0.717, 1.165) is 5.56 Å². The number of hydrogen-bond acceptors (Lipinski definition) is 4. The fourth-order valence-electron chi connectivity index (χ4n) is 2.22. The second-order valence-corrected chi connectivity index (χ2v) is 5.97. The maximum absolute atomic E-state index is 12.1. The van der Waals surface area contributed by atoms with Crippen molar-refractivity contribution in [1.29, 1.82) is 0 Å². The molecule has 0 spiro atoms. The van der Waals surface area contributed by atoms with E-state index in [4.69, 9.17) is 16.3 Å². The number of hydrogen-bond donors (Lipinski definition) is 1. The molecule has 134 valence electrons. The SMILES string of the molecule is O=C(NN=Cc1ccc(OC(=O)c2cccc(Cl)c2)cc1)c1ccccc1. The molecule has 0 aliphatic carbocycles. The Hall–Kier alpha value is -3.44. The summed E-state index contributed by atoms with van der Waals surface area (Å²) in [7, 11) is 0. The van der Waals surface area contributed by atoms with Crippen LogP contribution in [0.1, 0.15) is 26.3 Å². The quantitative estimate of drug-likeness (QED) is 0.311. The molecule has 0 atom stereocenters. The van der Waals surface area contributed by atoms with Gasteiger partial charge in [0, 0.05) is 10.6 Å². The standard InChI is InChI=1S/C21H15ClN2O3/c22-18-8-4-7-17(13-18)21(26)27-19-11-9-15(10-12-19)14-23-24-20(25)16-5-2-1-3-6-16/h1-14H,(H,24,25). The van der Waals surface area contributed by atoms with Crippen molar-refractivity contribution in [1.82, 2.24) is 5.43 Å². The molecule has 5 nitrogen and oxygen atoms in total. The molecule has 3 aromatic rings. The smallest absolute Gasteiger partial charge is 0.343 e. The van der Waals surface area contributed by atoms with Crippen molar-refractivity contribution < 1.29 is 14.3 Å². The molecule has 0 aromatic heterocycles. The van der Waals surface area contributed by atoms with Crippen molar-refractivity contribution in [3.8, 4) is 5.75 Å². The van der Waals surface area contributed by atoms with E-state index in [1.807, 2.05) is 6.07 Å². The Morgan fingerprint density at radius 1 is 0.889 bits per heavy atom. The summed E-state index contributed by atoms with van der Waals surface area (Å²) in [5, 5.41) is 4.39. The molecule has 0 heterocycles. The summed E-state index contributed by atoms with van der Waals surface area (Å²) in [6.07, 6.45) is 1.50. The second kappa shape index (κ2) is 8.78. The molecule has 3 rings (SSSR count). The zero-order valence-electron chi connectivity index (χ0n) is 14.1. The van der Waals surface area contributed by atoms with Gasteiger partial charge in [-0.15, -0.1) is 0 Å². The molecule has 0 fully saturated rings. The van der Waals surface area contributed by atoms with Crippen molar-refractivity contribution in [2.24, 2.45) is 5.10 Å². The summed E-state index contributed by atoms with van der Waals surface area (Å²) in [5.41, 5.74) is 4.09. The van der Waals surface area contributed by atoms with Crippen LogP contribution in [0, 0.1) is 0 Å². The van der Waals surface area contributed by atoms with Gasteiger partial charge in [0.15, 0.2) is 0 Å². The maximum Gasteiger partial charge on any atom is 0.343 e. The van der Waals surface area contributed by atoms with Gasteiger partial charge < -0.3 is 4.74 Å². The van der Waals surface area contributed by atoms with Crippen molar-refractivity contribution >= 4 is 29.7 Å². The summed E-state index contributed by atoms with van der Waals surface area (Å²) in [6, 6.07) is 22.1. The van der Waals surface area contributed by atoms with E-state index < -0.39 is 5.97 Å². The molecule has 6 heteroatoms. The van der Waals surface area contributed by atoms with E-state index in [0.29, 0.717) is 21.9 Å². The number of hydrazone groups is 1. The van der Waals surface area contributed by atoms with E-state index in [9.17, 15) is 9.59 Å². The van der Waals surface area contributed by atoms with Crippen LogP contribution in [0.15, 0.2) is 84.0 Å². The molecule has 1 amide bonds.